The summed E-state index contributed by atoms with van der Waals surface area (Å²) in [5.41, 5.74) is 3.42. The van der Waals surface area contributed by atoms with Gasteiger partial charge >= 0.3 is 0 Å². The maximum absolute atomic E-state index is 13.7. The van der Waals surface area contributed by atoms with Crippen LogP contribution in [0.25, 0.3) is 11.3 Å². The van der Waals surface area contributed by atoms with Crippen molar-refractivity contribution in [2.45, 2.75) is 12.5 Å². The van der Waals surface area contributed by atoms with E-state index in [0.29, 0.717) is 17.9 Å². The Morgan fingerprint density at radius 3 is 2.76 bits per heavy atom. The fraction of sp³-hybridized carbons (Fsp3) is 0.304. The zero-order valence-electron chi connectivity index (χ0n) is 16.4. The number of hydrogen-bond acceptors (Lipinski definition) is 5. The number of benzene rings is 2. The first-order chi connectivity index (χ1) is 14.2. The molecule has 1 aliphatic heterocycles. The van der Waals surface area contributed by atoms with Gasteiger partial charge in [0, 0.05) is 37.6 Å². The molecule has 150 valence electrons. The Labute approximate surface area is 170 Å². The molecular formula is C23H24FN3O2. The molecule has 0 unspecified atom stereocenters. The molecule has 4 rings (SSSR count). The molecule has 0 aliphatic carbocycles. The molecule has 3 aromatic rings. The molecule has 0 N–H and O–H groups in total. The van der Waals surface area contributed by atoms with E-state index in [-0.39, 0.29) is 11.9 Å². The van der Waals surface area contributed by atoms with Crippen LogP contribution >= 0.6 is 0 Å². The molecule has 2 aromatic carbocycles. The van der Waals surface area contributed by atoms with Crippen molar-refractivity contribution in [3.8, 4) is 17.0 Å². The van der Waals surface area contributed by atoms with Crippen molar-refractivity contribution in [3.63, 3.8) is 0 Å². The number of methoxy groups -OCH3 is 1. The Hall–Kier alpha value is -2.83. The third kappa shape index (κ3) is 4.78. The quantitative estimate of drug-likeness (QED) is 0.636. The average molecular weight is 393 g/mol. The van der Waals surface area contributed by atoms with Gasteiger partial charge in [-0.25, -0.2) is 4.39 Å². The first-order valence-electron chi connectivity index (χ1n) is 9.76. The summed E-state index contributed by atoms with van der Waals surface area (Å²) in [4.78, 5) is 11.4. The minimum atomic E-state index is -0.287. The molecule has 1 fully saturated rings. The van der Waals surface area contributed by atoms with Gasteiger partial charge in [0.25, 0.3) is 0 Å². The lowest BCUT2D eigenvalue weighted by molar-refractivity contribution is -0.0315. The van der Waals surface area contributed by atoms with Gasteiger partial charge in [-0.2, -0.15) is 0 Å². The molecule has 5 nitrogen and oxygen atoms in total. The predicted molar refractivity (Wildman–Crippen MR) is 109 cm³/mol. The van der Waals surface area contributed by atoms with Crippen LogP contribution in [0.2, 0.25) is 0 Å². The van der Waals surface area contributed by atoms with Crippen molar-refractivity contribution in [2.75, 3.05) is 33.4 Å². The summed E-state index contributed by atoms with van der Waals surface area (Å²) >= 11 is 0. The molecule has 0 spiro atoms. The summed E-state index contributed by atoms with van der Waals surface area (Å²) in [6, 6.07) is 14.6. The second kappa shape index (κ2) is 9.11. The number of hydrogen-bond donors (Lipinski definition) is 0. The molecule has 0 saturated carbocycles. The highest BCUT2D eigenvalue weighted by Crippen LogP contribution is 2.29. The summed E-state index contributed by atoms with van der Waals surface area (Å²) in [7, 11) is 1.67. The fourth-order valence-electron chi connectivity index (χ4n) is 3.59. The van der Waals surface area contributed by atoms with Crippen molar-refractivity contribution < 1.29 is 13.9 Å². The Bertz CT molecular complexity index is 949. The van der Waals surface area contributed by atoms with Crippen molar-refractivity contribution in [3.05, 3.63) is 78.0 Å². The lowest BCUT2D eigenvalue weighted by atomic mass is 10.0. The number of ether oxygens (including phenoxy) is 2. The first kappa shape index (κ1) is 19.5. The number of nitrogens with zero attached hydrogens (tertiary/aromatic N) is 3. The molecule has 1 aromatic heterocycles. The van der Waals surface area contributed by atoms with Gasteiger partial charge in [0.2, 0.25) is 0 Å². The summed E-state index contributed by atoms with van der Waals surface area (Å²) in [6.07, 6.45) is 4.06. The van der Waals surface area contributed by atoms with Gasteiger partial charge in [0.1, 0.15) is 17.7 Å². The summed E-state index contributed by atoms with van der Waals surface area (Å²) in [5.74, 6) is 0.581. The predicted octanol–water partition coefficient (Wildman–Crippen LogP) is 3.91. The van der Waals surface area contributed by atoms with Gasteiger partial charge in [-0.1, -0.05) is 24.3 Å². The summed E-state index contributed by atoms with van der Waals surface area (Å²) < 4.78 is 24.9. The van der Waals surface area contributed by atoms with Crippen LogP contribution in [0.1, 0.15) is 17.4 Å². The van der Waals surface area contributed by atoms with E-state index in [0.717, 1.165) is 37.5 Å². The van der Waals surface area contributed by atoms with Crippen molar-refractivity contribution in [1.82, 2.24) is 14.9 Å². The number of halogens is 1. The number of rotatable bonds is 6. The van der Waals surface area contributed by atoms with Gasteiger partial charge < -0.3 is 9.47 Å². The van der Waals surface area contributed by atoms with Crippen LogP contribution in [-0.4, -0.2) is 48.2 Å². The Balaban J connectivity index is 1.46. The van der Waals surface area contributed by atoms with Gasteiger partial charge in [-0.15, -0.1) is 0 Å². The Kier molecular flexibility index (Phi) is 6.12. The van der Waals surface area contributed by atoms with Gasteiger partial charge in [0.05, 0.1) is 25.1 Å². The van der Waals surface area contributed by atoms with E-state index >= 15 is 0 Å². The summed E-state index contributed by atoms with van der Waals surface area (Å²) in [6.45, 7) is 3.17. The molecule has 0 bridgehead atoms. The minimum absolute atomic E-state index is 0.188. The normalized spacial score (nSPS) is 17.2. The zero-order chi connectivity index (χ0) is 20.1. The highest BCUT2D eigenvalue weighted by molar-refractivity contribution is 5.61. The Morgan fingerprint density at radius 1 is 1.14 bits per heavy atom. The van der Waals surface area contributed by atoms with Gasteiger partial charge in [-0.3, -0.25) is 14.9 Å². The molecule has 2 heterocycles. The zero-order valence-corrected chi connectivity index (χ0v) is 16.4. The maximum atomic E-state index is 13.7. The fourth-order valence-corrected chi connectivity index (χ4v) is 3.59. The molecule has 0 radical (unpaired) electrons. The molecule has 0 amide bonds. The van der Waals surface area contributed by atoms with Crippen molar-refractivity contribution in [1.29, 1.82) is 0 Å². The van der Waals surface area contributed by atoms with Crippen LogP contribution in [-0.2, 0) is 11.2 Å². The lowest BCUT2D eigenvalue weighted by Crippen LogP contribution is -2.39. The number of morpholine rings is 1. The van der Waals surface area contributed by atoms with Crippen molar-refractivity contribution in [2.24, 2.45) is 0 Å². The number of aromatic nitrogens is 2. The van der Waals surface area contributed by atoms with Crippen molar-refractivity contribution >= 4 is 0 Å². The monoisotopic (exact) mass is 393 g/mol. The highest BCUT2D eigenvalue weighted by atomic mass is 19.1. The topological polar surface area (TPSA) is 47.5 Å². The van der Waals surface area contributed by atoms with Crippen LogP contribution in [0.5, 0.6) is 5.75 Å². The minimum Gasteiger partial charge on any atom is -0.497 e. The van der Waals surface area contributed by atoms with Gasteiger partial charge in [0.15, 0.2) is 0 Å². The van der Waals surface area contributed by atoms with Crippen LogP contribution < -0.4 is 4.74 Å². The molecule has 6 heteroatoms. The van der Waals surface area contributed by atoms with E-state index in [4.69, 9.17) is 9.47 Å². The van der Waals surface area contributed by atoms with E-state index in [1.807, 2.05) is 18.2 Å². The standard InChI is InChI=1S/C23H24FN3O2/c1-28-20-7-5-17(6-8-20)9-12-27-13-14-29-21(16-27)23-22(25-10-11-26-23)18-3-2-4-19(24)15-18/h2-8,10-11,15,21H,9,12-14,16H2,1H3/t21-/m0/s1. The third-order valence-corrected chi connectivity index (χ3v) is 5.16. The van der Waals surface area contributed by atoms with E-state index in [1.54, 1.807) is 25.6 Å². The lowest BCUT2D eigenvalue weighted by Gasteiger charge is -2.33. The molecule has 1 saturated heterocycles. The second-order valence-electron chi connectivity index (χ2n) is 7.06. The van der Waals surface area contributed by atoms with E-state index in [9.17, 15) is 4.39 Å². The molecular weight excluding hydrogens is 369 g/mol. The summed E-state index contributed by atoms with van der Waals surface area (Å²) in [5, 5.41) is 0. The average Bonchev–Trinajstić information content (AvgIpc) is 2.78. The van der Waals surface area contributed by atoms with E-state index < -0.39 is 0 Å². The second-order valence-corrected chi connectivity index (χ2v) is 7.06. The Morgan fingerprint density at radius 2 is 1.97 bits per heavy atom. The van der Waals surface area contributed by atoms with Crippen LogP contribution in [0.15, 0.2) is 60.9 Å². The maximum Gasteiger partial charge on any atom is 0.123 e. The van der Waals surface area contributed by atoms with E-state index in [1.165, 1.54) is 17.7 Å². The first-order valence-corrected chi connectivity index (χ1v) is 9.76. The third-order valence-electron chi connectivity index (χ3n) is 5.16. The molecule has 1 aliphatic rings. The largest absolute Gasteiger partial charge is 0.497 e. The van der Waals surface area contributed by atoms with Crippen LogP contribution in [0.3, 0.4) is 0 Å². The highest BCUT2D eigenvalue weighted by Gasteiger charge is 2.26. The van der Waals surface area contributed by atoms with Crippen LogP contribution in [0, 0.1) is 5.82 Å². The SMILES string of the molecule is COc1ccc(CCN2CCO[C@H](c3nccnc3-c3cccc(F)c3)C2)cc1. The van der Waals surface area contributed by atoms with Crippen LogP contribution in [0.4, 0.5) is 4.39 Å². The molecule has 29 heavy (non-hydrogen) atoms. The van der Waals surface area contributed by atoms with Gasteiger partial charge in [-0.05, 0) is 36.2 Å². The van der Waals surface area contributed by atoms with E-state index in [2.05, 4.69) is 27.0 Å². The smallest absolute Gasteiger partial charge is 0.123 e. The molecule has 1 atom stereocenters.